The van der Waals surface area contributed by atoms with Crippen LogP contribution in [-0.2, 0) is 19.1 Å². The second kappa shape index (κ2) is 8.02. The lowest BCUT2D eigenvalue weighted by Crippen LogP contribution is -2.53. The number of anilines is 1. The zero-order valence-electron chi connectivity index (χ0n) is 16.7. The van der Waals surface area contributed by atoms with E-state index in [2.05, 4.69) is 5.32 Å². The highest BCUT2D eigenvalue weighted by molar-refractivity contribution is 6.00. The summed E-state index contributed by atoms with van der Waals surface area (Å²) in [6.45, 7) is 0.279. The molecule has 2 amide bonds. The standard InChI is InChI=1S/C21H26N2O6/c1-23-16-7-6-14(10-19(24)27-2)29-18(16)11-28-17-8-5-13(9-15(17)21(23)26)22-20(25)12-3-4-12/h5,8-9,12,14,16,18H,3-4,6-7,10-11H2,1-2H3,(H,22,25)/t14-,16-,18-/m1/s1. The molecule has 0 aromatic heterocycles. The molecule has 3 aliphatic rings. The molecule has 3 atom stereocenters. The molecule has 0 spiro atoms. The second-order valence-electron chi connectivity index (χ2n) is 7.92. The van der Waals surface area contributed by atoms with Crippen LogP contribution >= 0.6 is 0 Å². The van der Waals surface area contributed by atoms with Crippen LogP contribution in [0.25, 0.3) is 0 Å². The van der Waals surface area contributed by atoms with Gasteiger partial charge in [-0.2, -0.15) is 0 Å². The van der Waals surface area contributed by atoms with Gasteiger partial charge in [0.2, 0.25) is 5.91 Å². The van der Waals surface area contributed by atoms with Crippen molar-refractivity contribution in [1.29, 1.82) is 0 Å². The van der Waals surface area contributed by atoms with E-state index in [0.29, 0.717) is 29.8 Å². The molecule has 2 heterocycles. The van der Waals surface area contributed by atoms with Gasteiger partial charge in [-0.05, 0) is 43.9 Å². The summed E-state index contributed by atoms with van der Waals surface area (Å²) in [4.78, 5) is 38.4. The summed E-state index contributed by atoms with van der Waals surface area (Å²) in [5, 5.41) is 2.88. The van der Waals surface area contributed by atoms with Crippen LogP contribution in [0.1, 0.15) is 42.5 Å². The predicted octanol–water partition coefficient (Wildman–Crippen LogP) is 1.98. The Kier molecular flexibility index (Phi) is 5.45. The highest BCUT2D eigenvalue weighted by Gasteiger charge is 2.39. The van der Waals surface area contributed by atoms with Crippen LogP contribution in [0.2, 0.25) is 0 Å². The van der Waals surface area contributed by atoms with E-state index in [0.717, 1.165) is 12.8 Å². The highest BCUT2D eigenvalue weighted by Crippen LogP contribution is 2.34. The molecule has 1 aromatic rings. The molecule has 1 aliphatic carbocycles. The lowest BCUT2D eigenvalue weighted by atomic mass is 9.94. The minimum atomic E-state index is -0.324. The SMILES string of the molecule is COC(=O)C[C@H]1CC[C@@H]2[C@@H](COc3ccc(NC(=O)C4CC4)cc3C(=O)N2C)O1. The van der Waals surface area contributed by atoms with Gasteiger partial charge in [0.25, 0.3) is 5.91 Å². The van der Waals surface area contributed by atoms with Gasteiger partial charge in [0.05, 0.1) is 31.2 Å². The molecule has 29 heavy (non-hydrogen) atoms. The van der Waals surface area contributed by atoms with Gasteiger partial charge in [-0.3, -0.25) is 14.4 Å². The van der Waals surface area contributed by atoms with Gasteiger partial charge < -0.3 is 24.4 Å². The zero-order chi connectivity index (χ0) is 20.5. The molecule has 0 unspecified atom stereocenters. The molecule has 4 rings (SSSR count). The Morgan fingerprint density at radius 2 is 2.03 bits per heavy atom. The first kappa shape index (κ1) is 19.7. The molecule has 1 aromatic carbocycles. The summed E-state index contributed by atoms with van der Waals surface area (Å²) in [5.74, 6) is 0.0611. The van der Waals surface area contributed by atoms with Gasteiger partial charge >= 0.3 is 5.97 Å². The number of carbonyl (C=O) groups excluding carboxylic acids is 3. The summed E-state index contributed by atoms with van der Waals surface area (Å²) in [6.07, 6.45) is 2.84. The summed E-state index contributed by atoms with van der Waals surface area (Å²) in [5.41, 5.74) is 1.03. The third-order valence-electron chi connectivity index (χ3n) is 5.85. The van der Waals surface area contributed by atoms with Crippen molar-refractivity contribution in [2.24, 2.45) is 5.92 Å². The minimum absolute atomic E-state index is 0.00471. The fraction of sp³-hybridized carbons (Fsp3) is 0.571. The Bertz CT molecular complexity index is 821. The maximum atomic E-state index is 13.1. The van der Waals surface area contributed by atoms with Crippen LogP contribution in [0.5, 0.6) is 5.75 Å². The van der Waals surface area contributed by atoms with E-state index >= 15 is 0 Å². The molecule has 2 fully saturated rings. The third kappa shape index (κ3) is 4.22. The van der Waals surface area contributed by atoms with E-state index in [-0.39, 0.29) is 55.0 Å². The number of hydrogen-bond donors (Lipinski definition) is 1. The molecule has 2 aliphatic heterocycles. The van der Waals surface area contributed by atoms with E-state index in [1.54, 1.807) is 30.1 Å². The quantitative estimate of drug-likeness (QED) is 0.774. The number of ether oxygens (including phenoxy) is 3. The average Bonchev–Trinajstić information content (AvgIpc) is 3.56. The van der Waals surface area contributed by atoms with Crippen LogP contribution < -0.4 is 10.1 Å². The van der Waals surface area contributed by atoms with E-state index in [1.165, 1.54) is 7.11 Å². The maximum absolute atomic E-state index is 13.1. The molecule has 8 nitrogen and oxygen atoms in total. The van der Waals surface area contributed by atoms with Crippen molar-refractivity contribution in [2.45, 2.75) is 50.4 Å². The van der Waals surface area contributed by atoms with Gasteiger partial charge in [0.1, 0.15) is 18.5 Å². The predicted molar refractivity (Wildman–Crippen MR) is 104 cm³/mol. The smallest absolute Gasteiger partial charge is 0.308 e. The fourth-order valence-electron chi connectivity index (χ4n) is 3.96. The van der Waals surface area contributed by atoms with Gasteiger partial charge in [-0.15, -0.1) is 0 Å². The van der Waals surface area contributed by atoms with Gasteiger partial charge in [0, 0.05) is 18.7 Å². The van der Waals surface area contributed by atoms with E-state index in [1.807, 2.05) is 0 Å². The van der Waals surface area contributed by atoms with Crippen LogP contribution in [0.15, 0.2) is 18.2 Å². The van der Waals surface area contributed by atoms with Crippen molar-refractivity contribution in [1.82, 2.24) is 4.90 Å². The average molecular weight is 402 g/mol. The lowest BCUT2D eigenvalue weighted by molar-refractivity contribution is -0.151. The van der Waals surface area contributed by atoms with E-state index in [4.69, 9.17) is 14.2 Å². The first-order valence-corrected chi connectivity index (χ1v) is 10.0. The first-order valence-electron chi connectivity index (χ1n) is 10.0. The van der Waals surface area contributed by atoms with Crippen LogP contribution in [0, 0.1) is 5.92 Å². The molecule has 8 heteroatoms. The minimum Gasteiger partial charge on any atom is -0.490 e. The first-order chi connectivity index (χ1) is 14.0. The van der Waals surface area contributed by atoms with E-state index < -0.39 is 0 Å². The van der Waals surface area contributed by atoms with Gasteiger partial charge in [-0.25, -0.2) is 0 Å². The van der Waals surface area contributed by atoms with Gasteiger partial charge in [0.15, 0.2) is 0 Å². The normalized spacial score (nSPS) is 26.3. The number of nitrogens with zero attached hydrogens (tertiary/aromatic N) is 1. The number of amides is 2. The van der Waals surface area contributed by atoms with Crippen molar-refractivity contribution in [2.75, 3.05) is 26.1 Å². The largest absolute Gasteiger partial charge is 0.490 e. The maximum Gasteiger partial charge on any atom is 0.308 e. The fourth-order valence-corrected chi connectivity index (χ4v) is 3.96. The number of rotatable bonds is 4. The molecule has 156 valence electrons. The molecule has 1 saturated carbocycles. The Balaban J connectivity index is 1.51. The summed E-state index contributed by atoms with van der Waals surface area (Å²) < 4.78 is 16.7. The van der Waals surface area contributed by atoms with E-state index in [9.17, 15) is 14.4 Å². The number of fused-ring (bicyclic) bond motifs is 2. The number of benzene rings is 1. The topological polar surface area (TPSA) is 94.2 Å². The molecule has 0 bridgehead atoms. The van der Waals surface area contributed by atoms with Crippen molar-refractivity contribution in [3.63, 3.8) is 0 Å². The number of methoxy groups -OCH3 is 1. The van der Waals surface area contributed by atoms with Crippen molar-refractivity contribution >= 4 is 23.5 Å². The zero-order valence-corrected chi connectivity index (χ0v) is 16.7. The Morgan fingerprint density at radius 3 is 2.76 bits per heavy atom. The third-order valence-corrected chi connectivity index (χ3v) is 5.85. The number of hydrogen-bond acceptors (Lipinski definition) is 6. The summed E-state index contributed by atoms with van der Waals surface area (Å²) in [6, 6.07) is 4.99. The summed E-state index contributed by atoms with van der Waals surface area (Å²) in [7, 11) is 3.12. The molecule has 1 saturated heterocycles. The number of esters is 1. The Morgan fingerprint density at radius 1 is 1.24 bits per heavy atom. The molecular weight excluding hydrogens is 376 g/mol. The molecular formula is C21H26N2O6. The Hall–Kier alpha value is -2.61. The molecule has 0 radical (unpaired) electrons. The van der Waals surface area contributed by atoms with Crippen LogP contribution in [-0.4, -0.2) is 61.7 Å². The monoisotopic (exact) mass is 402 g/mol. The van der Waals surface area contributed by atoms with Crippen LogP contribution in [0.4, 0.5) is 5.69 Å². The number of carbonyl (C=O) groups is 3. The number of likely N-dealkylation sites (N-methyl/N-ethyl adjacent to an activating group) is 1. The van der Waals surface area contributed by atoms with Crippen molar-refractivity contribution in [3.8, 4) is 5.75 Å². The number of nitrogens with one attached hydrogen (secondary N) is 1. The lowest BCUT2D eigenvalue weighted by Gasteiger charge is -2.42. The van der Waals surface area contributed by atoms with Crippen molar-refractivity contribution in [3.05, 3.63) is 23.8 Å². The summed E-state index contributed by atoms with van der Waals surface area (Å²) >= 11 is 0. The highest BCUT2D eigenvalue weighted by atomic mass is 16.5. The Labute approximate surface area is 169 Å². The van der Waals surface area contributed by atoms with Crippen LogP contribution in [0.3, 0.4) is 0 Å². The second-order valence-corrected chi connectivity index (χ2v) is 7.92. The van der Waals surface area contributed by atoms with Crippen molar-refractivity contribution < 1.29 is 28.6 Å². The van der Waals surface area contributed by atoms with Gasteiger partial charge in [-0.1, -0.05) is 0 Å². The molecule has 1 N–H and O–H groups in total.